The summed E-state index contributed by atoms with van der Waals surface area (Å²) in [5.74, 6) is 0.690. The van der Waals surface area contributed by atoms with Crippen molar-refractivity contribution in [2.75, 3.05) is 31.7 Å². The van der Waals surface area contributed by atoms with E-state index in [1.165, 1.54) is 12.8 Å². The summed E-state index contributed by atoms with van der Waals surface area (Å²) in [7, 11) is 1.77. The lowest BCUT2D eigenvalue weighted by Crippen LogP contribution is -2.35. The molecule has 1 aliphatic heterocycles. The molecule has 0 aliphatic carbocycles. The van der Waals surface area contributed by atoms with Gasteiger partial charge < -0.3 is 14.7 Å². The van der Waals surface area contributed by atoms with Crippen molar-refractivity contribution < 1.29 is 9.84 Å². The molecule has 0 spiro atoms. The number of piperidine rings is 1. The Bertz CT molecular complexity index is 372. The van der Waals surface area contributed by atoms with Gasteiger partial charge >= 0.3 is 0 Å². The van der Waals surface area contributed by atoms with E-state index in [9.17, 15) is 5.11 Å². The molecule has 1 aromatic heterocycles. The number of methoxy groups -OCH3 is 1. The van der Waals surface area contributed by atoms with Crippen LogP contribution in [0.1, 0.15) is 38.0 Å². The van der Waals surface area contributed by atoms with Crippen molar-refractivity contribution in [2.24, 2.45) is 5.92 Å². The molecule has 0 amide bonds. The first-order chi connectivity index (χ1) is 9.24. The van der Waals surface area contributed by atoms with Gasteiger partial charge in [-0.3, -0.25) is 4.98 Å². The molecule has 19 heavy (non-hydrogen) atoms. The fourth-order valence-electron chi connectivity index (χ4n) is 2.58. The standard InChI is InChI=1S/C15H24N2O2/c1-3-15(18)14-5-4-13(10-16-14)17-8-6-12(7-9-17)11-19-2/h4-5,10,12,15,18H,3,6-9,11H2,1-2H3/t15-/m0/s1. The minimum Gasteiger partial charge on any atom is -0.387 e. The average Bonchev–Trinajstić information content (AvgIpc) is 2.48. The predicted octanol–water partition coefficient (Wildman–Crippen LogP) is 2.39. The monoisotopic (exact) mass is 264 g/mol. The number of pyridine rings is 1. The lowest BCUT2D eigenvalue weighted by Gasteiger charge is -2.33. The van der Waals surface area contributed by atoms with E-state index in [4.69, 9.17) is 4.74 Å². The number of rotatable bonds is 5. The Hall–Kier alpha value is -1.13. The lowest BCUT2D eigenvalue weighted by molar-refractivity contribution is 0.139. The second-order valence-electron chi connectivity index (χ2n) is 5.25. The molecule has 1 atom stereocenters. The molecule has 1 saturated heterocycles. The summed E-state index contributed by atoms with van der Waals surface area (Å²) in [6.07, 6.45) is 4.49. The van der Waals surface area contributed by atoms with Crippen LogP contribution < -0.4 is 4.90 Å². The van der Waals surface area contributed by atoms with E-state index in [0.717, 1.165) is 31.1 Å². The fourth-order valence-corrected chi connectivity index (χ4v) is 2.58. The van der Waals surface area contributed by atoms with Gasteiger partial charge in [-0.15, -0.1) is 0 Å². The number of hydrogen-bond donors (Lipinski definition) is 1. The molecule has 4 heteroatoms. The molecule has 0 aromatic carbocycles. The summed E-state index contributed by atoms with van der Waals surface area (Å²) >= 11 is 0. The van der Waals surface area contributed by atoms with Crippen LogP contribution in [-0.4, -0.2) is 36.9 Å². The Morgan fingerprint density at radius 3 is 2.68 bits per heavy atom. The molecule has 0 saturated carbocycles. The smallest absolute Gasteiger partial charge is 0.0957 e. The van der Waals surface area contributed by atoms with E-state index in [1.807, 2.05) is 19.2 Å². The van der Waals surface area contributed by atoms with Crippen molar-refractivity contribution in [3.05, 3.63) is 24.0 Å². The quantitative estimate of drug-likeness (QED) is 0.887. The highest BCUT2D eigenvalue weighted by molar-refractivity contribution is 5.45. The van der Waals surface area contributed by atoms with Crippen molar-refractivity contribution in [3.63, 3.8) is 0 Å². The Labute approximate surface area is 115 Å². The summed E-state index contributed by atoms with van der Waals surface area (Å²) in [6, 6.07) is 4.00. The maximum Gasteiger partial charge on any atom is 0.0957 e. The van der Waals surface area contributed by atoms with Gasteiger partial charge in [-0.25, -0.2) is 0 Å². The maximum atomic E-state index is 9.73. The van der Waals surface area contributed by atoms with Crippen LogP contribution in [0.2, 0.25) is 0 Å². The summed E-state index contributed by atoms with van der Waals surface area (Å²) < 4.78 is 5.22. The van der Waals surface area contributed by atoms with Crippen LogP contribution in [0.4, 0.5) is 5.69 Å². The van der Waals surface area contributed by atoms with E-state index < -0.39 is 6.10 Å². The van der Waals surface area contributed by atoms with Crippen LogP contribution in [0.5, 0.6) is 0 Å². The Kier molecular flexibility index (Phi) is 5.16. The fraction of sp³-hybridized carbons (Fsp3) is 0.667. The lowest BCUT2D eigenvalue weighted by atomic mass is 9.97. The van der Waals surface area contributed by atoms with Gasteiger partial charge in [0.25, 0.3) is 0 Å². The molecule has 2 heterocycles. The Morgan fingerprint density at radius 1 is 1.42 bits per heavy atom. The van der Waals surface area contributed by atoms with Crippen LogP contribution >= 0.6 is 0 Å². The Morgan fingerprint density at radius 2 is 2.16 bits per heavy atom. The van der Waals surface area contributed by atoms with Crippen LogP contribution in [0.25, 0.3) is 0 Å². The van der Waals surface area contributed by atoms with Gasteiger partial charge in [0.1, 0.15) is 0 Å². The molecule has 0 bridgehead atoms. The first kappa shape index (κ1) is 14.3. The van der Waals surface area contributed by atoms with Crippen LogP contribution in [-0.2, 0) is 4.74 Å². The zero-order chi connectivity index (χ0) is 13.7. The van der Waals surface area contributed by atoms with Gasteiger partial charge in [-0.1, -0.05) is 6.92 Å². The highest BCUT2D eigenvalue weighted by atomic mass is 16.5. The van der Waals surface area contributed by atoms with Gasteiger partial charge in [0.2, 0.25) is 0 Å². The number of aliphatic hydroxyl groups is 1. The number of anilines is 1. The number of ether oxygens (including phenoxy) is 1. The third kappa shape index (κ3) is 3.67. The van der Waals surface area contributed by atoms with Crippen LogP contribution in [0.3, 0.4) is 0 Å². The molecule has 1 fully saturated rings. The van der Waals surface area contributed by atoms with Crippen molar-refractivity contribution >= 4 is 5.69 Å². The number of nitrogens with zero attached hydrogens (tertiary/aromatic N) is 2. The Balaban J connectivity index is 1.92. The van der Waals surface area contributed by atoms with E-state index in [0.29, 0.717) is 12.3 Å². The molecule has 1 N–H and O–H groups in total. The minimum atomic E-state index is -0.443. The third-order valence-corrected chi connectivity index (χ3v) is 3.88. The number of hydrogen-bond acceptors (Lipinski definition) is 4. The largest absolute Gasteiger partial charge is 0.387 e. The first-order valence-corrected chi connectivity index (χ1v) is 7.12. The van der Waals surface area contributed by atoms with Crippen molar-refractivity contribution in [2.45, 2.75) is 32.3 Å². The SMILES string of the molecule is CC[C@H](O)c1ccc(N2CCC(COC)CC2)cn1. The van der Waals surface area contributed by atoms with Gasteiger partial charge in [-0.05, 0) is 37.3 Å². The molecule has 0 radical (unpaired) electrons. The topological polar surface area (TPSA) is 45.6 Å². The van der Waals surface area contributed by atoms with Gasteiger partial charge in [0, 0.05) is 26.8 Å². The predicted molar refractivity (Wildman–Crippen MR) is 76.3 cm³/mol. The van der Waals surface area contributed by atoms with E-state index >= 15 is 0 Å². The number of aliphatic hydroxyl groups excluding tert-OH is 1. The molecular formula is C15H24N2O2. The molecule has 2 rings (SSSR count). The number of aromatic nitrogens is 1. The van der Waals surface area contributed by atoms with Crippen LogP contribution in [0.15, 0.2) is 18.3 Å². The molecule has 0 unspecified atom stereocenters. The second-order valence-corrected chi connectivity index (χ2v) is 5.25. The first-order valence-electron chi connectivity index (χ1n) is 7.12. The highest BCUT2D eigenvalue weighted by Gasteiger charge is 2.19. The van der Waals surface area contributed by atoms with Crippen molar-refractivity contribution in [3.8, 4) is 0 Å². The summed E-state index contributed by atoms with van der Waals surface area (Å²) in [6.45, 7) is 4.95. The molecule has 4 nitrogen and oxygen atoms in total. The van der Waals surface area contributed by atoms with Crippen molar-refractivity contribution in [1.29, 1.82) is 0 Å². The van der Waals surface area contributed by atoms with E-state index in [-0.39, 0.29) is 0 Å². The summed E-state index contributed by atoms with van der Waals surface area (Å²) in [5.41, 5.74) is 1.92. The zero-order valence-electron chi connectivity index (χ0n) is 11.9. The zero-order valence-corrected chi connectivity index (χ0v) is 11.9. The third-order valence-electron chi connectivity index (χ3n) is 3.88. The van der Waals surface area contributed by atoms with E-state index in [2.05, 4.69) is 16.0 Å². The van der Waals surface area contributed by atoms with Gasteiger partial charge in [-0.2, -0.15) is 0 Å². The minimum absolute atomic E-state index is 0.443. The second kappa shape index (κ2) is 6.87. The van der Waals surface area contributed by atoms with Gasteiger partial charge in [0.05, 0.1) is 23.7 Å². The summed E-state index contributed by atoms with van der Waals surface area (Å²) in [4.78, 5) is 6.73. The average molecular weight is 264 g/mol. The maximum absolute atomic E-state index is 9.73. The van der Waals surface area contributed by atoms with E-state index in [1.54, 1.807) is 7.11 Å². The highest BCUT2D eigenvalue weighted by Crippen LogP contribution is 2.24. The molecular weight excluding hydrogens is 240 g/mol. The summed E-state index contributed by atoms with van der Waals surface area (Å²) in [5, 5.41) is 9.73. The normalized spacial score (nSPS) is 18.6. The van der Waals surface area contributed by atoms with Crippen molar-refractivity contribution in [1.82, 2.24) is 4.98 Å². The van der Waals surface area contributed by atoms with Gasteiger partial charge in [0.15, 0.2) is 0 Å². The van der Waals surface area contributed by atoms with Crippen LogP contribution in [0, 0.1) is 5.92 Å². The molecule has 106 valence electrons. The molecule has 1 aromatic rings. The molecule has 1 aliphatic rings.